The van der Waals surface area contributed by atoms with Gasteiger partial charge < -0.3 is 114 Å². The SMILES string of the molecule is C=C1CC23CC[C@@H]4[C@H](C(=O)OC5O[C@H](C(O)N[C@H](Cc6ccccc6)C(=O)O)[C@@H](O)[C@H](O)[C@H]5O)CCC[C@@]4(C)[C@@H]2CC(O[C@@H]2O[C@H](CO)[C@@H](O)C(O[C@@H]4O[C@H](CO)[C@@H](O)[C@H](O)[C@H]4O)[C@H]2O[C@@H]2O[C@H](CO)[C@@H](O)[C@H](O)[C@H]2O)C1C3. The molecule has 2 bridgehead atoms. The van der Waals surface area contributed by atoms with Crippen molar-refractivity contribution in [2.75, 3.05) is 19.8 Å². The molecular formula is C52H77NO25. The van der Waals surface area contributed by atoms with Gasteiger partial charge in [0.25, 0.3) is 0 Å². The molecule has 26 nitrogen and oxygen atoms in total. The van der Waals surface area contributed by atoms with Crippen molar-refractivity contribution in [3.63, 3.8) is 0 Å². The Balaban J connectivity index is 0.953. The van der Waals surface area contributed by atoms with Crippen LogP contribution in [-0.2, 0) is 53.9 Å². The Labute approximate surface area is 448 Å². The van der Waals surface area contributed by atoms with Crippen molar-refractivity contribution in [1.29, 1.82) is 0 Å². The van der Waals surface area contributed by atoms with E-state index < -0.39 is 184 Å². The second-order valence-corrected chi connectivity index (χ2v) is 23.0. The maximum atomic E-state index is 14.5. The van der Waals surface area contributed by atoms with E-state index in [2.05, 4.69) is 18.8 Å². The fraction of sp³-hybridized carbons (Fsp3) is 0.808. The first-order valence-electron chi connectivity index (χ1n) is 26.9. The zero-order valence-corrected chi connectivity index (χ0v) is 43.0. The van der Waals surface area contributed by atoms with Crippen molar-refractivity contribution in [2.45, 2.75) is 206 Å². The second-order valence-electron chi connectivity index (χ2n) is 23.0. The van der Waals surface area contributed by atoms with Crippen molar-refractivity contribution in [3.8, 4) is 0 Å². The number of carboxylic acids is 1. The molecule has 1 aromatic carbocycles. The molecule has 4 aliphatic carbocycles. The number of hydrogen-bond donors (Lipinski definition) is 16. The highest BCUT2D eigenvalue weighted by Crippen LogP contribution is 2.71. The molecule has 0 aromatic heterocycles. The zero-order chi connectivity index (χ0) is 56.3. The summed E-state index contributed by atoms with van der Waals surface area (Å²) in [5, 5.41) is 164. The van der Waals surface area contributed by atoms with Gasteiger partial charge in [-0.3, -0.25) is 14.9 Å². The van der Waals surface area contributed by atoms with Crippen LogP contribution in [0.3, 0.4) is 0 Å². The molecule has 1 spiro atoms. The summed E-state index contributed by atoms with van der Waals surface area (Å²) in [6, 6.07) is 7.18. The predicted molar refractivity (Wildman–Crippen MR) is 258 cm³/mol. The second kappa shape index (κ2) is 24.1. The summed E-state index contributed by atoms with van der Waals surface area (Å²) in [4.78, 5) is 26.8. The largest absolute Gasteiger partial charge is 0.480 e. The van der Waals surface area contributed by atoms with Crippen LogP contribution in [-0.4, -0.2) is 250 Å². The summed E-state index contributed by atoms with van der Waals surface area (Å²) in [6.45, 7) is 4.06. The standard InChI is InChI=1S/C52H77NO25/c1-20-15-52-12-10-24-22(46(70)78-49-40(66)36(62)37(63)42(76-49)44(67)53-25(45(68)69)13-21-7-4-3-5-8-21)9-6-11-51(24,2)30(52)14-26(23(20)16-52)71-50-43(77-48-39(65)35(61)32(58)28(18-55)73-48)41(33(59)29(19-56)74-50)75-47-38(64)34(60)31(57)27(17-54)72-47/h3-5,7-8,22-44,47-50,53-67H,1,6,9-19H2,2H3,(H,68,69)/t22-,23?,24-,25-,26?,27-,28-,29-,30+,31-,32-,33-,34+,35+,36+,37+,38-,39-,40-,41?,42+,43-,44?,47+,48+,49?,50-,51-,52?/m1/s1. The van der Waals surface area contributed by atoms with Gasteiger partial charge in [-0.05, 0) is 79.6 Å². The summed E-state index contributed by atoms with van der Waals surface area (Å²) < 4.78 is 48.5. The molecule has 26 heteroatoms. The molecule has 8 fully saturated rings. The number of aliphatic hydroxyl groups is 14. The van der Waals surface area contributed by atoms with Crippen molar-refractivity contribution in [2.24, 2.45) is 34.5 Å². The topological polar surface area (TPSA) is 423 Å². The van der Waals surface area contributed by atoms with Crippen molar-refractivity contribution >= 4 is 11.9 Å². The van der Waals surface area contributed by atoms with Gasteiger partial charge in [0.2, 0.25) is 6.29 Å². The highest BCUT2D eigenvalue weighted by molar-refractivity contribution is 5.74. The number of fused-ring (bicyclic) bond motifs is 3. The maximum Gasteiger partial charge on any atom is 0.321 e. The Kier molecular flexibility index (Phi) is 18.4. The van der Waals surface area contributed by atoms with E-state index in [1.807, 2.05) is 0 Å². The van der Waals surface area contributed by atoms with Crippen LogP contribution in [0.15, 0.2) is 42.5 Å². The maximum absolute atomic E-state index is 14.5. The average Bonchev–Trinajstić information content (AvgIpc) is 3.96. The molecule has 4 saturated heterocycles. The minimum atomic E-state index is -1.99. The molecule has 1 aromatic rings. The Morgan fingerprint density at radius 3 is 1.86 bits per heavy atom. The number of carbonyl (C=O) groups is 2. The zero-order valence-electron chi connectivity index (χ0n) is 43.0. The van der Waals surface area contributed by atoms with E-state index in [9.17, 15) is 86.2 Å². The fourth-order valence-electron chi connectivity index (χ4n) is 14.4. The number of hydrogen-bond acceptors (Lipinski definition) is 25. The summed E-state index contributed by atoms with van der Waals surface area (Å²) >= 11 is 0. The predicted octanol–water partition coefficient (Wildman–Crippen LogP) is -5.04. The van der Waals surface area contributed by atoms with E-state index in [-0.39, 0.29) is 29.6 Å². The third kappa shape index (κ3) is 11.2. The van der Waals surface area contributed by atoms with Crippen molar-refractivity contribution < 1.29 is 124 Å². The molecule has 4 aliphatic heterocycles. The van der Waals surface area contributed by atoms with Crippen molar-refractivity contribution in [1.82, 2.24) is 5.32 Å². The fourth-order valence-corrected chi connectivity index (χ4v) is 14.4. The van der Waals surface area contributed by atoms with Gasteiger partial charge >= 0.3 is 11.9 Å². The molecule has 4 heterocycles. The van der Waals surface area contributed by atoms with E-state index >= 15 is 0 Å². The third-order valence-electron chi connectivity index (χ3n) is 18.5. The first kappa shape index (κ1) is 59.6. The quantitative estimate of drug-likeness (QED) is 0.0300. The Bertz CT molecular complexity index is 2210. The normalized spacial score (nSPS) is 48.3. The highest BCUT2D eigenvalue weighted by atomic mass is 16.8. The first-order valence-corrected chi connectivity index (χ1v) is 26.9. The smallest absolute Gasteiger partial charge is 0.321 e. The van der Waals surface area contributed by atoms with Gasteiger partial charge in [-0.2, -0.15) is 0 Å². The van der Waals surface area contributed by atoms with E-state index in [1.165, 1.54) is 0 Å². The van der Waals surface area contributed by atoms with Crippen molar-refractivity contribution in [3.05, 3.63) is 48.0 Å². The van der Waals surface area contributed by atoms with E-state index in [0.29, 0.717) is 56.9 Å². The molecular weight excluding hydrogens is 1040 g/mol. The number of carboxylic acid groups (broad SMARTS) is 1. The first-order chi connectivity index (χ1) is 37.1. The molecule has 0 radical (unpaired) electrons. The molecule has 16 N–H and O–H groups in total. The van der Waals surface area contributed by atoms with Gasteiger partial charge in [-0.15, -0.1) is 0 Å². The van der Waals surface area contributed by atoms with Gasteiger partial charge in [0, 0.05) is 5.92 Å². The van der Waals surface area contributed by atoms with E-state index in [1.54, 1.807) is 30.3 Å². The van der Waals surface area contributed by atoms with E-state index in [4.69, 9.17) is 37.9 Å². The van der Waals surface area contributed by atoms with Crippen LogP contribution in [0.5, 0.6) is 0 Å². The summed E-state index contributed by atoms with van der Waals surface area (Å²) in [5.74, 6) is -3.66. The molecule has 8 aliphatic rings. The summed E-state index contributed by atoms with van der Waals surface area (Å²) in [6.07, 6.45) is -34.5. The van der Waals surface area contributed by atoms with Crippen LogP contribution in [0.1, 0.15) is 63.9 Å². The number of benzene rings is 1. The minimum Gasteiger partial charge on any atom is -0.480 e. The number of aliphatic hydroxyl groups excluding tert-OH is 14. The molecule has 4 saturated carbocycles. The number of rotatable bonds is 17. The van der Waals surface area contributed by atoms with Gasteiger partial charge in [-0.25, -0.2) is 0 Å². The lowest BCUT2D eigenvalue weighted by atomic mass is 9.43. The Morgan fingerprint density at radius 2 is 1.26 bits per heavy atom. The van der Waals surface area contributed by atoms with Crippen LogP contribution < -0.4 is 5.32 Å². The molecule has 6 unspecified atom stereocenters. The monoisotopic (exact) mass is 1120 g/mol. The molecule has 9 rings (SSSR count). The summed E-state index contributed by atoms with van der Waals surface area (Å²) in [5.41, 5.74) is 0.588. The molecule has 29 atom stereocenters. The molecule has 0 amide bonds. The number of carbonyl (C=O) groups excluding carboxylic acids is 1. The van der Waals surface area contributed by atoms with Gasteiger partial charge in [0.15, 0.2) is 18.9 Å². The highest BCUT2D eigenvalue weighted by Gasteiger charge is 2.66. The van der Waals surface area contributed by atoms with Gasteiger partial charge in [-0.1, -0.05) is 55.8 Å². The molecule has 78 heavy (non-hydrogen) atoms. The Morgan fingerprint density at radius 1 is 0.692 bits per heavy atom. The van der Waals surface area contributed by atoms with Crippen LogP contribution >= 0.6 is 0 Å². The van der Waals surface area contributed by atoms with Crippen LogP contribution in [0.2, 0.25) is 0 Å². The van der Waals surface area contributed by atoms with Crippen LogP contribution in [0.25, 0.3) is 0 Å². The lowest BCUT2D eigenvalue weighted by Gasteiger charge is -2.62. The average molecular weight is 1120 g/mol. The number of nitrogens with one attached hydrogen (secondary N) is 1. The van der Waals surface area contributed by atoms with Gasteiger partial charge in [0.05, 0.1) is 31.8 Å². The number of esters is 1. The molecule has 440 valence electrons. The number of aliphatic carboxylic acids is 1. The van der Waals surface area contributed by atoms with Crippen LogP contribution in [0.4, 0.5) is 0 Å². The lowest BCUT2D eigenvalue weighted by molar-refractivity contribution is -0.397. The van der Waals surface area contributed by atoms with Crippen LogP contribution in [0, 0.1) is 34.5 Å². The van der Waals surface area contributed by atoms with Gasteiger partial charge in [0.1, 0.15) is 110 Å². The van der Waals surface area contributed by atoms with E-state index in [0.717, 1.165) is 5.57 Å². The Hall–Kier alpha value is -2.98. The summed E-state index contributed by atoms with van der Waals surface area (Å²) in [7, 11) is 0. The number of ether oxygens (including phenoxy) is 8. The minimum absolute atomic E-state index is 0.0709. The third-order valence-corrected chi connectivity index (χ3v) is 18.5. The lowest BCUT2D eigenvalue weighted by Crippen LogP contribution is -2.67.